The molecule has 132 valence electrons. The lowest BCUT2D eigenvalue weighted by Crippen LogP contribution is -2.22. The molecule has 0 radical (unpaired) electrons. The summed E-state index contributed by atoms with van der Waals surface area (Å²) in [6, 6.07) is 5.63. The summed E-state index contributed by atoms with van der Waals surface area (Å²) in [6.07, 6.45) is 8.78. The number of amides is 2. The molecule has 0 spiro atoms. The third-order valence-electron chi connectivity index (χ3n) is 4.74. The minimum absolute atomic E-state index is 0.0425. The summed E-state index contributed by atoms with van der Waals surface area (Å²) in [4.78, 5) is 23.7. The average molecular weight is 331 g/mol. The molecule has 4 N–H and O–H groups in total. The molecule has 0 unspecified atom stereocenters. The lowest BCUT2D eigenvalue weighted by Gasteiger charge is -2.21. The van der Waals surface area contributed by atoms with Crippen LogP contribution in [-0.2, 0) is 16.0 Å². The predicted molar refractivity (Wildman–Crippen MR) is 97.9 cm³/mol. The van der Waals surface area contributed by atoms with Crippen LogP contribution in [0.4, 0.5) is 11.4 Å². The lowest BCUT2D eigenvalue weighted by atomic mass is 9.86. The van der Waals surface area contributed by atoms with Crippen molar-refractivity contribution in [1.29, 1.82) is 0 Å². The van der Waals surface area contributed by atoms with Gasteiger partial charge in [0.25, 0.3) is 0 Å². The topological polar surface area (TPSA) is 84.2 Å². The Balaban J connectivity index is 1.91. The number of rotatable bonds is 7. The van der Waals surface area contributed by atoms with E-state index in [1.54, 1.807) is 0 Å². The van der Waals surface area contributed by atoms with Gasteiger partial charge in [-0.05, 0) is 36.5 Å². The Kier molecular flexibility index (Phi) is 7.25. The highest BCUT2D eigenvalue weighted by atomic mass is 16.2. The van der Waals surface area contributed by atoms with Crippen LogP contribution in [0.2, 0.25) is 0 Å². The van der Waals surface area contributed by atoms with E-state index in [1.165, 1.54) is 32.1 Å². The summed E-state index contributed by atoms with van der Waals surface area (Å²) in [6.45, 7) is 1.97. The highest BCUT2D eigenvalue weighted by Crippen LogP contribution is 2.27. The molecule has 0 bridgehead atoms. The second kappa shape index (κ2) is 9.42. The van der Waals surface area contributed by atoms with Crippen molar-refractivity contribution < 1.29 is 9.59 Å². The summed E-state index contributed by atoms with van der Waals surface area (Å²) in [5, 5.41) is 5.74. The van der Waals surface area contributed by atoms with Gasteiger partial charge in [-0.2, -0.15) is 0 Å². The molecule has 0 aliphatic heterocycles. The predicted octanol–water partition coefficient (Wildman–Crippen LogP) is 3.45. The van der Waals surface area contributed by atoms with Crippen molar-refractivity contribution in [2.45, 2.75) is 58.3 Å². The van der Waals surface area contributed by atoms with Gasteiger partial charge in [0.05, 0.1) is 6.54 Å². The lowest BCUT2D eigenvalue weighted by molar-refractivity contribution is -0.116. The van der Waals surface area contributed by atoms with Gasteiger partial charge < -0.3 is 16.4 Å². The Morgan fingerprint density at radius 1 is 1.12 bits per heavy atom. The van der Waals surface area contributed by atoms with Crippen LogP contribution < -0.4 is 16.4 Å². The number of hydrogen-bond donors (Lipinski definition) is 3. The van der Waals surface area contributed by atoms with Crippen LogP contribution in [0, 0.1) is 5.92 Å². The van der Waals surface area contributed by atoms with E-state index >= 15 is 0 Å². The zero-order valence-corrected chi connectivity index (χ0v) is 14.6. The van der Waals surface area contributed by atoms with Gasteiger partial charge in [0.15, 0.2) is 0 Å². The van der Waals surface area contributed by atoms with Crippen LogP contribution in [0.3, 0.4) is 0 Å². The number of carbonyl (C=O) groups is 2. The molecular weight excluding hydrogens is 302 g/mol. The van der Waals surface area contributed by atoms with E-state index in [4.69, 9.17) is 5.73 Å². The zero-order chi connectivity index (χ0) is 17.4. The first-order valence-corrected chi connectivity index (χ1v) is 9.05. The Hall–Kier alpha value is -1.88. The summed E-state index contributed by atoms with van der Waals surface area (Å²) < 4.78 is 0. The summed E-state index contributed by atoms with van der Waals surface area (Å²) in [7, 11) is 0. The molecule has 0 heterocycles. The van der Waals surface area contributed by atoms with Gasteiger partial charge in [-0.1, -0.05) is 45.1 Å². The molecule has 1 saturated carbocycles. The molecule has 1 fully saturated rings. The largest absolute Gasteiger partial charge is 0.326 e. The fraction of sp³-hybridized carbons (Fsp3) is 0.579. The Morgan fingerprint density at radius 3 is 2.54 bits per heavy atom. The van der Waals surface area contributed by atoms with Crippen LogP contribution in [-0.4, -0.2) is 18.4 Å². The SMILES string of the molecule is CCc1ccc(NC(=O)CCC2CCCCC2)cc1NC(=O)CN. The van der Waals surface area contributed by atoms with Gasteiger partial charge >= 0.3 is 0 Å². The van der Waals surface area contributed by atoms with Crippen LogP contribution in [0.1, 0.15) is 57.4 Å². The second-order valence-electron chi connectivity index (χ2n) is 6.57. The van der Waals surface area contributed by atoms with E-state index in [0.29, 0.717) is 18.0 Å². The van der Waals surface area contributed by atoms with Crippen LogP contribution in [0.5, 0.6) is 0 Å². The zero-order valence-electron chi connectivity index (χ0n) is 14.6. The summed E-state index contributed by atoms with van der Waals surface area (Å²) >= 11 is 0. The normalized spacial score (nSPS) is 15.1. The van der Waals surface area contributed by atoms with E-state index in [9.17, 15) is 9.59 Å². The van der Waals surface area contributed by atoms with Gasteiger partial charge in [-0.25, -0.2) is 0 Å². The van der Waals surface area contributed by atoms with Gasteiger partial charge in [0.2, 0.25) is 11.8 Å². The van der Waals surface area contributed by atoms with Crippen molar-refractivity contribution >= 4 is 23.2 Å². The number of hydrogen-bond acceptors (Lipinski definition) is 3. The second-order valence-corrected chi connectivity index (χ2v) is 6.57. The number of nitrogens with two attached hydrogens (primary N) is 1. The van der Waals surface area contributed by atoms with Gasteiger partial charge in [-0.3, -0.25) is 9.59 Å². The molecular formula is C19H29N3O2. The average Bonchev–Trinajstić information content (AvgIpc) is 2.61. The first-order valence-electron chi connectivity index (χ1n) is 9.05. The van der Waals surface area contributed by atoms with Gasteiger partial charge in [0, 0.05) is 17.8 Å². The van der Waals surface area contributed by atoms with Crippen molar-refractivity contribution in [3.8, 4) is 0 Å². The molecule has 2 amide bonds. The summed E-state index contributed by atoms with van der Waals surface area (Å²) in [5.74, 6) is 0.512. The molecule has 1 aromatic rings. The van der Waals surface area contributed by atoms with E-state index in [2.05, 4.69) is 10.6 Å². The van der Waals surface area contributed by atoms with Crippen molar-refractivity contribution in [3.05, 3.63) is 23.8 Å². The van der Waals surface area contributed by atoms with Crippen LogP contribution >= 0.6 is 0 Å². The monoisotopic (exact) mass is 331 g/mol. The van der Waals surface area contributed by atoms with E-state index in [-0.39, 0.29) is 18.4 Å². The molecule has 1 aliphatic carbocycles. The third-order valence-corrected chi connectivity index (χ3v) is 4.74. The first-order chi connectivity index (χ1) is 11.6. The minimum atomic E-state index is -0.231. The number of nitrogens with one attached hydrogen (secondary N) is 2. The quantitative estimate of drug-likeness (QED) is 0.715. The maximum absolute atomic E-state index is 12.2. The molecule has 0 aromatic heterocycles. The molecule has 1 aliphatic rings. The number of anilines is 2. The molecule has 5 heteroatoms. The maximum Gasteiger partial charge on any atom is 0.238 e. The van der Waals surface area contributed by atoms with Gasteiger partial charge in [0.1, 0.15) is 0 Å². The van der Waals surface area contributed by atoms with Crippen molar-refractivity contribution in [1.82, 2.24) is 0 Å². The van der Waals surface area contributed by atoms with Crippen molar-refractivity contribution in [3.63, 3.8) is 0 Å². The molecule has 5 nitrogen and oxygen atoms in total. The van der Waals surface area contributed by atoms with Crippen molar-refractivity contribution in [2.75, 3.05) is 17.2 Å². The van der Waals surface area contributed by atoms with E-state index in [0.717, 1.165) is 24.1 Å². The fourth-order valence-corrected chi connectivity index (χ4v) is 3.31. The van der Waals surface area contributed by atoms with Crippen LogP contribution in [0.15, 0.2) is 18.2 Å². The van der Waals surface area contributed by atoms with E-state index < -0.39 is 0 Å². The highest BCUT2D eigenvalue weighted by molar-refractivity contribution is 5.95. The molecule has 1 aromatic carbocycles. The maximum atomic E-state index is 12.2. The molecule has 24 heavy (non-hydrogen) atoms. The van der Waals surface area contributed by atoms with Crippen LogP contribution in [0.25, 0.3) is 0 Å². The highest BCUT2D eigenvalue weighted by Gasteiger charge is 2.15. The third kappa shape index (κ3) is 5.64. The molecule has 0 saturated heterocycles. The van der Waals surface area contributed by atoms with Crippen molar-refractivity contribution in [2.24, 2.45) is 11.7 Å². The Labute approximate surface area is 144 Å². The van der Waals surface area contributed by atoms with E-state index in [1.807, 2.05) is 25.1 Å². The Morgan fingerprint density at radius 2 is 1.88 bits per heavy atom. The number of benzene rings is 1. The summed E-state index contributed by atoms with van der Waals surface area (Å²) in [5.41, 5.74) is 7.82. The minimum Gasteiger partial charge on any atom is -0.326 e. The molecule has 2 rings (SSSR count). The fourth-order valence-electron chi connectivity index (χ4n) is 3.31. The number of carbonyl (C=O) groups excluding carboxylic acids is 2. The first kappa shape index (κ1) is 18.5. The van der Waals surface area contributed by atoms with Gasteiger partial charge in [-0.15, -0.1) is 0 Å². The number of aryl methyl sites for hydroxylation is 1. The standard InChI is InChI=1S/C19H29N3O2/c1-2-15-9-10-16(12-17(15)22-19(24)13-20)21-18(23)11-8-14-6-4-3-5-7-14/h9-10,12,14H,2-8,11,13,20H2,1H3,(H,21,23)(H,22,24). The Bertz CT molecular complexity index is 566. The smallest absolute Gasteiger partial charge is 0.238 e. The molecule has 0 atom stereocenters.